The standard InChI is InChI=1S/C22H24ClFO3/c1-2-21-12-20(26)22(27,15-8-16(23)10-17(24)9-15)11-14(21)4-3-13-7-18(25)5-6-19(13)21/h5-10,14,20,25-27H,2-4,11-12H2,1H3/t14-,20?,21?,22?/m1/s1. The maximum Gasteiger partial charge on any atom is 0.125 e. The van der Waals surface area contributed by atoms with Gasteiger partial charge in [-0.25, -0.2) is 4.39 Å². The van der Waals surface area contributed by atoms with E-state index in [1.807, 2.05) is 12.1 Å². The molecule has 144 valence electrons. The highest BCUT2D eigenvalue weighted by molar-refractivity contribution is 6.30. The molecule has 3 nitrogen and oxygen atoms in total. The van der Waals surface area contributed by atoms with Gasteiger partial charge in [0.05, 0.1) is 6.10 Å². The fraction of sp³-hybridized carbons (Fsp3) is 0.455. The van der Waals surface area contributed by atoms with Crippen LogP contribution in [0.3, 0.4) is 0 Å². The zero-order chi connectivity index (χ0) is 19.4. The van der Waals surface area contributed by atoms with Crippen LogP contribution in [0.25, 0.3) is 0 Å². The van der Waals surface area contributed by atoms with Gasteiger partial charge in [-0.05, 0) is 85.0 Å². The van der Waals surface area contributed by atoms with Crippen LogP contribution in [-0.2, 0) is 17.4 Å². The normalized spacial score (nSPS) is 32.6. The topological polar surface area (TPSA) is 60.7 Å². The van der Waals surface area contributed by atoms with Gasteiger partial charge in [-0.3, -0.25) is 0 Å². The highest BCUT2D eigenvalue weighted by atomic mass is 35.5. The molecule has 2 aliphatic carbocycles. The second kappa shape index (κ2) is 6.47. The van der Waals surface area contributed by atoms with Gasteiger partial charge >= 0.3 is 0 Å². The first kappa shape index (κ1) is 18.7. The van der Waals surface area contributed by atoms with E-state index in [1.165, 1.54) is 12.1 Å². The van der Waals surface area contributed by atoms with E-state index in [0.717, 1.165) is 30.4 Å². The molecular weight excluding hydrogens is 367 g/mol. The fourth-order valence-corrected chi connectivity index (χ4v) is 5.66. The number of fused-ring (bicyclic) bond motifs is 3. The Morgan fingerprint density at radius 1 is 1.19 bits per heavy atom. The van der Waals surface area contributed by atoms with Crippen LogP contribution >= 0.6 is 11.6 Å². The van der Waals surface area contributed by atoms with Crippen LogP contribution < -0.4 is 0 Å². The highest BCUT2D eigenvalue weighted by Gasteiger charge is 2.55. The molecule has 0 spiro atoms. The lowest BCUT2D eigenvalue weighted by Gasteiger charge is -2.55. The summed E-state index contributed by atoms with van der Waals surface area (Å²) >= 11 is 6.00. The third-order valence-corrected chi connectivity index (χ3v) is 7.05. The summed E-state index contributed by atoms with van der Waals surface area (Å²) in [6.45, 7) is 2.10. The highest BCUT2D eigenvalue weighted by Crippen LogP contribution is 2.57. The van der Waals surface area contributed by atoms with E-state index in [1.54, 1.807) is 12.1 Å². The van der Waals surface area contributed by atoms with Crippen LogP contribution in [0.1, 0.15) is 49.3 Å². The molecule has 0 radical (unpaired) electrons. The maximum atomic E-state index is 13.9. The van der Waals surface area contributed by atoms with Gasteiger partial charge in [0.2, 0.25) is 0 Å². The average molecular weight is 391 g/mol. The smallest absolute Gasteiger partial charge is 0.125 e. The van der Waals surface area contributed by atoms with E-state index in [-0.39, 0.29) is 22.1 Å². The predicted octanol–water partition coefficient (Wildman–Crippen LogP) is 4.44. The quantitative estimate of drug-likeness (QED) is 0.710. The zero-order valence-corrected chi connectivity index (χ0v) is 16.0. The van der Waals surface area contributed by atoms with Gasteiger partial charge in [0.1, 0.15) is 17.2 Å². The summed E-state index contributed by atoms with van der Waals surface area (Å²) in [6.07, 6.45) is 2.19. The minimum absolute atomic E-state index is 0.148. The van der Waals surface area contributed by atoms with Gasteiger partial charge in [0.15, 0.2) is 0 Å². The monoisotopic (exact) mass is 390 g/mol. The number of aromatic hydroxyl groups is 1. The van der Waals surface area contributed by atoms with E-state index < -0.39 is 17.5 Å². The molecule has 2 aromatic rings. The fourth-order valence-electron chi connectivity index (χ4n) is 5.44. The van der Waals surface area contributed by atoms with Crippen molar-refractivity contribution in [2.24, 2.45) is 5.92 Å². The van der Waals surface area contributed by atoms with Gasteiger partial charge in [-0.1, -0.05) is 24.6 Å². The summed E-state index contributed by atoms with van der Waals surface area (Å²) in [7, 11) is 0. The van der Waals surface area contributed by atoms with Crippen molar-refractivity contribution in [1.82, 2.24) is 0 Å². The van der Waals surface area contributed by atoms with Crippen LogP contribution in [0.5, 0.6) is 5.75 Å². The van der Waals surface area contributed by atoms with E-state index in [0.29, 0.717) is 18.4 Å². The zero-order valence-electron chi connectivity index (χ0n) is 15.3. The van der Waals surface area contributed by atoms with Gasteiger partial charge in [-0.2, -0.15) is 0 Å². The number of halogens is 2. The van der Waals surface area contributed by atoms with Gasteiger partial charge in [0.25, 0.3) is 0 Å². The first-order valence-electron chi connectivity index (χ1n) is 9.48. The summed E-state index contributed by atoms with van der Waals surface area (Å²) in [6, 6.07) is 9.46. The van der Waals surface area contributed by atoms with Crippen LogP contribution in [0, 0.1) is 11.7 Å². The molecule has 0 amide bonds. The SMILES string of the molecule is CCC12CC(O)C(O)(c3cc(F)cc(Cl)c3)C[C@H]1CCc1cc(O)ccc12. The second-order valence-corrected chi connectivity index (χ2v) is 8.53. The molecule has 0 saturated heterocycles. The largest absolute Gasteiger partial charge is 0.508 e. The van der Waals surface area contributed by atoms with E-state index in [4.69, 9.17) is 11.6 Å². The van der Waals surface area contributed by atoms with Crippen molar-refractivity contribution in [3.05, 3.63) is 63.9 Å². The molecule has 27 heavy (non-hydrogen) atoms. The predicted molar refractivity (Wildman–Crippen MR) is 102 cm³/mol. The van der Waals surface area contributed by atoms with Crippen molar-refractivity contribution in [3.8, 4) is 5.75 Å². The molecule has 2 aromatic carbocycles. The molecule has 1 fully saturated rings. The lowest BCUT2D eigenvalue weighted by atomic mass is 9.52. The minimum Gasteiger partial charge on any atom is -0.508 e. The Kier molecular flexibility index (Phi) is 4.49. The summed E-state index contributed by atoms with van der Waals surface area (Å²) in [5, 5.41) is 32.4. The van der Waals surface area contributed by atoms with Crippen molar-refractivity contribution < 1.29 is 19.7 Å². The number of aliphatic hydroxyl groups is 2. The minimum atomic E-state index is -1.52. The molecule has 0 aliphatic heterocycles. The number of aliphatic hydroxyl groups excluding tert-OH is 1. The Bertz CT molecular complexity index is 866. The molecule has 0 bridgehead atoms. The molecule has 0 aromatic heterocycles. The second-order valence-electron chi connectivity index (χ2n) is 8.09. The summed E-state index contributed by atoms with van der Waals surface area (Å²) in [5.74, 6) is -0.120. The van der Waals surface area contributed by atoms with Crippen LogP contribution in [0.2, 0.25) is 5.02 Å². The first-order chi connectivity index (χ1) is 12.8. The molecular formula is C22H24ClFO3. The van der Waals surface area contributed by atoms with Gasteiger partial charge < -0.3 is 15.3 Å². The maximum absolute atomic E-state index is 13.9. The summed E-state index contributed by atoms with van der Waals surface area (Å²) in [5.41, 5.74) is 0.811. The molecule has 4 atom stereocenters. The lowest BCUT2D eigenvalue weighted by molar-refractivity contribution is -0.146. The van der Waals surface area contributed by atoms with Crippen molar-refractivity contribution in [2.75, 3.05) is 0 Å². The van der Waals surface area contributed by atoms with Crippen molar-refractivity contribution in [2.45, 2.75) is 56.1 Å². The molecule has 0 heterocycles. The Hall–Kier alpha value is -1.62. The number of hydrogen-bond donors (Lipinski definition) is 3. The average Bonchev–Trinajstić information content (AvgIpc) is 2.61. The van der Waals surface area contributed by atoms with Crippen molar-refractivity contribution in [3.63, 3.8) is 0 Å². The molecule has 4 rings (SSSR count). The summed E-state index contributed by atoms with van der Waals surface area (Å²) < 4.78 is 13.9. The number of aryl methyl sites for hydroxylation is 1. The Balaban J connectivity index is 1.78. The van der Waals surface area contributed by atoms with Crippen molar-refractivity contribution >= 4 is 11.6 Å². The Morgan fingerprint density at radius 2 is 1.96 bits per heavy atom. The molecule has 2 aliphatic rings. The number of phenols is 1. The first-order valence-corrected chi connectivity index (χ1v) is 9.85. The molecule has 3 N–H and O–H groups in total. The van der Waals surface area contributed by atoms with Crippen LogP contribution in [0.4, 0.5) is 4.39 Å². The van der Waals surface area contributed by atoms with Gasteiger partial charge in [-0.15, -0.1) is 0 Å². The van der Waals surface area contributed by atoms with Crippen LogP contribution in [-0.4, -0.2) is 21.4 Å². The molecule has 5 heteroatoms. The van der Waals surface area contributed by atoms with E-state index in [2.05, 4.69) is 6.92 Å². The summed E-state index contributed by atoms with van der Waals surface area (Å²) in [4.78, 5) is 0. The number of phenolic OH excluding ortho intramolecular Hbond substituents is 1. The third-order valence-electron chi connectivity index (χ3n) is 6.83. The van der Waals surface area contributed by atoms with E-state index in [9.17, 15) is 19.7 Å². The molecule has 3 unspecified atom stereocenters. The van der Waals surface area contributed by atoms with Crippen molar-refractivity contribution in [1.29, 1.82) is 0 Å². The molecule has 1 saturated carbocycles. The number of benzene rings is 2. The number of rotatable bonds is 2. The van der Waals surface area contributed by atoms with Crippen LogP contribution in [0.15, 0.2) is 36.4 Å². The lowest BCUT2D eigenvalue weighted by Crippen LogP contribution is -2.56. The van der Waals surface area contributed by atoms with Gasteiger partial charge in [0, 0.05) is 10.4 Å². The Labute approximate surface area is 163 Å². The number of hydrogen-bond acceptors (Lipinski definition) is 3. The van der Waals surface area contributed by atoms with E-state index >= 15 is 0 Å². The Morgan fingerprint density at radius 3 is 2.67 bits per heavy atom. The third kappa shape index (κ3) is 2.86.